The number of phenols is 1. The van der Waals surface area contributed by atoms with Gasteiger partial charge in [-0.1, -0.05) is 0 Å². The Morgan fingerprint density at radius 1 is 1.42 bits per heavy atom. The van der Waals surface area contributed by atoms with E-state index >= 15 is 0 Å². The van der Waals surface area contributed by atoms with Crippen molar-refractivity contribution < 1.29 is 5.11 Å². The van der Waals surface area contributed by atoms with Gasteiger partial charge >= 0.3 is 0 Å². The molecule has 64 valence electrons. The summed E-state index contributed by atoms with van der Waals surface area (Å²) in [6.45, 7) is 0. The molecule has 3 heteroatoms. The Morgan fingerprint density at radius 3 is 2.75 bits per heavy atom. The van der Waals surface area contributed by atoms with Crippen molar-refractivity contribution in [3.8, 4) is 5.75 Å². The number of halogens is 1. The van der Waals surface area contributed by atoms with E-state index in [0.717, 1.165) is 9.72 Å². The molecule has 0 heterocycles. The summed E-state index contributed by atoms with van der Waals surface area (Å²) >= 11 is 5.31. The van der Waals surface area contributed by atoms with E-state index in [-0.39, 0.29) is 0 Å². The lowest BCUT2D eigenvalue weighted by atomic mass is 10.3. The van der Waals surface area contributed by atoms with Gasteiger partial charge in [0.15, 0.2) is 0 Å². The predicted molar refractivity (Wildman–Crippen MR) is 54.7 cm³/mol. The minimum absolute atomic E-state index is 0.321. The monoisotopic (exact) mass is 244 g/mol. The van der Waals surface area contributed by atoms with Crippen molar-refractivity contribution in [2.45, 2.75) is 23.0 Å². The first kappa shape index (κ1) is 8.45. The van der Waals surface area contributed by atoms with Gasteiger partial charge in [-0.25, -0.2) is 0 Å². The number of thioether (sulfide) groups is 1. The summed E-state index contributed by atoms with van der Waals surface area (Å²) in [4.78, 5) is 1.23. The third-order valence-electron chi connectivity index (χ3n) is 1.73. The molecule has 0 radical (unpaired) electrons. The molecule has 1 fully saturated rings. The highest BCUT2D eigenvalue weighted by Gasteiger charge is 2.23. The molecular weight excluding hydrogens is 236 g/mol. The van der Waals surface area contributed by atoms with Gasteiger partial charge in [-0.2, -0.15) is 0 Å². The molecule has 1 saturated carbocycles. The minimum atomic E-state index is 0.321. The Hall–Kier alpha value is -0.150. The van der Waals surface area contributed by atoms with E-state index in [4.69, 9.17) is 5.11 Å². The fraction of sp³-hybridized carbons (Fsp3) is 0.333. The van der Waals surface area contributed by atoms with E-state index in [0.29, 0.717) is 5.75 Å². The number of phenolic OH excluding ortho intramolecular Hbond substituents is 1. The van der Waals surface area contributed by atoms with Gasteiger partial charge in [0.1, 0.15) is 5.75 Å². The van der Waals surface area contributed by atoms with Crippen LogP contribution in [0.3, 0.4) is 0 Å². The van der Waals surface area contributed by atoms with Crippen LogP contribution in [0.2, 0.25) is 0 Å². The SMILES string of the molecule is Oc1ccc(SC2CC2)c(Br)c1. The number of hydrogen-bond acceptors (Lipinski definition) is 2. The third-order valence-corrected chi connectivity index (χ3v) is 4.07. The highest BCUT2D eigenvalue weighted by molar-refractivity contribution is 9.10. The Morgan fingerprint density at radius 2 is 2.17 bits per heavy atom. The first-order valence-corrected chi connectivity index (χ1v) is 5.58. The largest absolute Gasteiger partial charge is 0.508 e. The molecule has 0 spiro atoms. The van der Waals surface area contributed by atoms with Crippen LogP contribution >= 0.6 is 27.7 Å². The Kier molecular flexibility index (Phi) is 2.33. The molecule has 1 nitrogen and oxygen atoms in total. The Bertz CT molecular complexity index is 297. The molecule has 0 atom stereocenters. The lowest BCUT2D eigenvalue weighted by Crippen LogP contribution is -1.77. The maximum atomic E-state index is 9.15. The van der Waals surface area contributed by atoms with Gasteiger partial charge in [-0.05, 0) is 47.0 Å². The van der Waals surface area contributed by atoms with E-state index in [2.05, 4.69) is 15.9 Å². The maximum absolute atomic E-state index is 9.15. The summed E-state index contributed by atoms with van der Waals surface area (Å²) < 4.78 is 0.999. The Labute approximate surface area is 84.3 Å². The molecule has 0 aliphatic heterocycles. The molecule has 0 bridgehead atoms. The first-order chi connectivity index (χ1) is 5.75. The van der Waals surface area contributed by atoms with Crippen LogP contribution in [0.5, 0.6) is 5.75 Å². The summed E-state index contributed by atoms with van der Waals surface area (Å²) in [5.74, 6) is 0.321. The fourth-order valence-corrected chi connectivity index (χ4v) is 2.65. The van der Waals surface area contributed by atoms with Crippen molar-refractivity contribution in [2.24, 2.45) is 0 Å². The second-order valence-corrected chi connectivity index (χ2v) is 5.13. The van der Waals surface area contributed by atoms with Crippen LogP contribution in [0, 0.1) is 0 Å². The molecule has 1 aliphatic carbocycles. The van der Waals surface area contributed by atoms with Crippen LogP contribution in [0.1, 0.15) is 12.8 Å². The van der Waals surface area contributed by atoms with Gasteiger partial charge in [0.2, 0.25) is 0 Å². The molecular formula is C9H9BrOS. The van der Waals surface area contributed by atoms with Gasteiger partial charge in [0, 0.05) is 14.6 Å². The number of hydrogen-bond donors (Lipinski definition) is 1. The highest BCUT2D eigenvalue weighted by atomic mass is 79.9. The molecule has 1 aliphatic rings. The normalized spacial score (nSPS) is 16.4. The molecule has 2 rings (SSSR count). The summed E-state index contributed by atoms with van der Waals surface area (Å²) in [5, 5.41) is 9.96. The van der Waals surface area contributed by atoms with Crippen LogP contribution < -0.4 is 0 Å². The maximum Gasteiger partial charge on any atom is 0.116 e. The quantitative estimate of drug-likeness (QED) is 0.861. The zero-order chi connectivity index (χ0) is 8.55. The summed E-state index contributed by atoms with van der Waals surface area (Å²) in [6, 6.07) is 5.43. The average Bonchev–Trinajstić information content (AvgIpc) is 2.79. The number of rotatable bonds is 2. The first-order valence-electron chi connectivity index (χ1n) is 3.91. The summed E-state index contributed by atoms with van der Waals surface area (Å²) in [6.07, 6.45) is 2.66. The smallest absolute Gasteiger partial charge is 0.116 e. The molecule has 1 aromatic rings. The van der Waals surface area contributed by atoms with Crippen LogP contribution in [0.15, 0.2) is 27.6 Å². The van der Waals surface area contributed by atoms with Gasteiger partial charge in [0.05, 0.1) is 0 Å². The molecule has 12 heavy (non-hydrogen) atoms. The van der Waals surface area contributed by atoms with Crippen molar-refractivity contribution >= 4 is 27.7 Å². The van der Waals surface area contributed by atoms with Crippen LogP contribution in [-0.2, 0) is 0 Å². The predicted octanol–water partition coefficient (Wildman–Crippen LogP) is 3.41. The fourth-order valence-electron chi connectivity index (χ4n) is 0.951. The molecule has 1 aromatic carbocycles. The van der Waals surface area contributed by atoms with Gasteiger partial charge in [-0.15, -0.1) is 11.8 Å². The van der Waals surface area contributed by atoms with Crippen molar-refractivity contribution in [1.82, 2.24) is 0 Å². The van der Waals surface area contributed by atoms with Gasteiger partial charge < -0.3 is 5.11 Å². The molecule has 0 amide bonds. The van der Waals surface area contributed by atoms with Crippen LogP contribution in [0.4, 0.5) is 0 Å². The van der Waals surface area contributed by atoms with Crippen molar-refractivity contribution in [3.63, 3.8) is 0 Å². The van der Waals surface area contributed by atoms with Crippen LogP contribution in [-0.4, -0.2) is 10.4 Å². The average molecular weight is 245 g/mol. The second kappa shape index (κ2) is 3.30. The lowest BCUT2D eigenvalue weighted by Gasteiger charge is -2.02. The minimum Gasteiger partial charge on any atom is -0.508 e. The van der Waals surface area contributed by atoms with E-state index < -0.39 is 0 Å². The van der Waals surface area contributed by atoms with E-state index in [9.17, 15) is 0 Å². The van der Waals surface area contributed by atoms with Gasteiger partial charge in [0.25, 0.3) is 0 Å². The molecule has 0 unspecified atom stereocenters. The van der Waals surface area contributed by atoms with Gasteiger partial charge in [-0.3, -0.25) is 0 Å². The highest BCUT2D eigenvalue weighted by Crippen LogP contribution is 2.42. The summed E-state index contributed by atoms with van der Waals surface area (Å²) in [5.41, 5.74) is 0. The number of aromatic hydroxyl groups is 1. The third kappa shape index (κ3) is 1.96. The van der Waals surface area contributed by atoms with Crippen molar-refractivity contribution in [1.29, 1.82) is 0 Å². The van der Waals surface area contributed by atoms with E-state index in [1.54, 1.807) is 12.1 Å². The zero-order valence-electron chi connectivity index (χ0n) is 6.46. The lowest BCUT2D eigenvalue weighted by molar-refractivity contribution is 0.474. The number of benzene rings is 1. The van der Waals surface area contributed by atoms with Crippen molar-refractivity contribution in [2.75, 3.05) is 0 Å². The molecule has 1 N–H and O–H groups in total. The van der Waals surface area contributed by atoms with Crippen molar-refractivity contribution in [3.05, 3.63) is 22.7 Å². The topological polar surface area (TPSA) is 20.2 Å². The van der Waals surface area contributed by atoms with E-state index in [1.165, 1.54) is 17.7 Å². The zero-order valence-corrected chi connectivity index (χ0v) is 8.86. The standard InChI is InChI=1S/C9H9BrOS/c10-8-5-6(11)1-4-9(8)12-7-2-3-7/h1,4-5,7,11H,2-3H2. The molecule has 0 saturated heterocycles. The Balaban J connectivity index is 2.18. The summed E-state index contributed by atoms with van der Waals surface area (Å²) in [7, 11) is 0. The van der Waals surface area contributed by atoms with E-state index in [1.807, 2.05) is 17.8 Å². The van der Waals surface area contributed by atoms with Crippen LogP contribution in [0.25, 0.3) is 0 Å². The second-order valence-electron chi connectivity index (χ2n) is 2.93. The molecule has 0 aromatic heterocycles.